The molecule has 6 nitrogen and oxygen atoms in total. The number of amides is 1. The van der Waals surface area contributed by atoms with Crippen LogP contribution in [0.1, 0.15) is 12.8 Å². The molecule has 9 heteroatoms. The smallest absolute Gasteiger partial charge is 0.226 e. The maximum absolute atomic E-state index is 13.0. The summed E-state index contributed by atoms with van der Waals surface area (Å²) in [4.78, 5) is 16.7. The number of thiazole rings is 1. The number of nitrogens with zero attached hydrogens (tertiary/aromatic N) is 1. The third kappa shape index (κ3) is 6.27. The highest BCUT2D eigenvalue weighted by Gasteiger charge is 2.16. The second kappa shape index (κ2) is 10.6. The minimum Gasteiger partial charge on any atom is -0.457 e. The molecule has 1 N–H and O–H groups in total. The number of para-hydroxylation sites is 1. The highest BCUT2D eigenvalue weighted by Crippen LogP contribution is 2.28. The lowest BCUT2D eigenvalue weighted by Crippen LogP contribution is -2.14. The minimum atomic E-state index is -3.57. The molecule has 1 heterocycles. The van der Waals surface area contributed by atoms with E-state index in [1.54, 1.807) is 0 Å². The first kappa shape index (κ1) is 23.6. The lowest BCUT2D eigenvalue weighted by molar-refractivity contribution is -0.116. The lowest BCUT2D eigenvalue weighted by Gasteiger charge is -2.06. The van der Waals surface area contributed by atoms with Crippen molar-refractivity contribution in [3.05, 3.63) is 90.1 Å². The Hall–Kier alpha value is -3.56. The Morgan fingerprint density at radius 3 is 2.32 bits per heavy atom. The molecule has 34 heavy (non-hydrogen) atoms. The number of nitrogens with one attached hydrogen (secondary N) is 1. The normalized spacial score (nSPS) is 11.2. The van der Waals surface area contributed by atoms with Crippen LogP contribution in [-0.2, 0) is 14.6 Å². The Bertz CT molecular complexity index is 1350. The third-order valence-electron chi connectivity index (χ3n) is 4.87. The highest BCUT2D eigenvalue weighted by atomic mass is 32.2. The van der Waals surface area contributed by atoms with Gasteiger partial charge in [0.05, 0.1) is 16.3 Å². The zero-order valence-corrected chi connectivity index (χ0v) is 19.6. The van der Waals surface area contributed by atoms with Gasteiger partial charge in [0, 0.05) is 17.4 Å². The van der Waals surface area contributed by atoms with Crippen LogP contribution in [-0.4, -0.2) is 25.1 Å². The van der Waals surface area contributed by atoms with Crippen LogP contribution in [0.25, 0.3) is 11.3 Å². The maximum Gasteiger partial charge on any atom is 0.226 e. The van der Waals surface area contributed by atoms with Crippen LogP contribution in [0.2, 0.25) is 0 Å². The van der Waals surface area contributed by atoms with E-state index in [9.17, 15) is 17.6 Å². The summed E-state index contributed by atoms with van der Waals surface area (Å²) in [5, 5.41) is 4.98. The van der Waals surface area contributed by atoms with E-state index >= 15 is 0 Å². The summed E-state index contributed by atoms with van der Waals surface area (Å²) in [5.74, 6) is 0.431. The van der Waals surface area contributed by atoms with Crippen molar-refractivity contribution in [2.45, 2.75) is 17.7 Å². The largest absolute Gasteiger partial charge is 0.457 e. The van der Waals surface area contributed by atoms with Crippen molar-refractivity contribution in [1.82, 2.24) is 4.98 Å². The number of aromatic nitrogens is 1. The molecule has 0 spiro atoms. The van der Waals surface area contributed by atoms with Crippen LogP contribution in [0.3, 0.4) is 0 Å². The number of rotatable bonds is 9. The number of sulfone groups is 1. The van der Waals surface area contributed by atoms with E-state index in [2.05, 4.69) is 10.3 Å². The third-order valence-corrected chi connectivity index (χ3v) is 7.44. The van der Waals surface area contributed by atoms with Gasteiger partial charge in [-0.15, -0.1) is 11.3 Å². The predicted molar refractivity (Wildman–Crippen MR) is 130 cm³/mol. The van der Waals surface area contributed by atoms with E-state index in [0.717, 1.165) is 23.4 Å². The molecule has 0 saturated carbocycles. The number of carbonyl (C=O) groups excluding carboxylic acids is 1. The van der Waals surface area contributed by atoms with Crippen LogP contribution >= 0.6 is 11.3 Å². The van der Waals surface area contributed by atoms with Crippen molar-refractivity contribution in [2.75, 3.05) is 11.1 Å². The fourth-order valence-electron chi connectivity index (χ4n) is 3.15. The van der Waals surface area contributed by atoms with Crippen molar-refractivity contribution in [1.29, 1.82) is 0 Å². The summed E-state index contributed by atoms with van der Waals surface area (Å²) < 4.78 is 43.4. The summed E-state index contributed by atoms with van der Waals surface area (Å²) in [7, 11) is -3.57. The molecule has 174 valence electrons. The first-order valence-corrected chi connectivity index (χ1v) is 13.0. The van der Waals surface area contributed by atoms with Gasteiger partial charge in [-0.25, -0.2) is 17.8 Å². The Morgan fingerprint density at radius 1 is 0.941 bits per heavy atom. The predicted octanol–water partition coefficient (Wildman–Crippen LogP) is 5.93. The van der Waals surface area contributed by atoms with Crippen molar-refractivity contribution in [3.63, 3.8) is 0 Å². The van der Waals surface area contributed by atoms with Crippen molar-refractivity contribution in [3.8, 4) is 22.8 Å². The second-order valence-electron chi connectivity index (χ2n) is 7.40. The standard InChI is InChI=1S/C25H21FN2O4S2/c26-19-10-14-22(15-11-19)34(30,31)16-4-7-24(29)28-25-27-23(17-33-25)18-8-12-21(13-9-18)32-20-5-2-1-3-6-20/h1-3,5-6,8-15,17H,4,7,16H2,(H,27,28,29). The summed E-state index contributed by atoms with van der Waals surface area (Å²) in [6.07, 6.45) is 0.174. The minimum absolute atomic E-state index is 0.0286. The molecule has 0 atom stereocenters. The van der Waals surface area contributed by atoms with Crippen LogP contribution in [0, 0.1) is 5.82 Å². The number of hydrogen-bond acceptors (Lipinski definition) is 6. The zero-order valence-electron chi connectivity index (χ0n) is 18.0. The van der Waals surface area contributed by atoms with Gasteiger partial charge in [0.25, 0.3) is 0 Å². The van der Waals surface area contributed by atoms with Gasteiger partial charge in [-0.1, -0.05) is 18.2 Å². The van der Waals surface area contributed by atoms with E-state index in [1.807, 2.05) is 60.0 Å². The zero-order chi connectivity index (χ0) is 24.0. The summed E-state index contributed by atoms with van der Waals surface area (Å²) in [6.45, 7) is 0. The fourth-order valence-corrected chi connectivity index (χ4v) is 5.19. The van der Waals surface area contributed by atoms with Crippen molar-refractivity contribution in [2.24, 2.45) is 0 Å². The molecule has 1 amide bonds. The first-order valence-electron chi connectivity index (χ1n) is 10.5. The van der Waals surface area contributed by atoms with Gasteiger partial charge < -0.3 is 10.1 Å². The molecule has 4 rings (SSSR count). The molecule has 0 saturated heterocycles. The molecular weight excluding hydrogens is 475 g/mol. The quantitative estimate of drug-likeness (QED) is 0.290. The summed E-state index contributed by atoms with van der Waals surface area (Å²) >= 11 is 1.29. The SMILES string of the molecule is O=C(CCCS(=O)(=O)c1ccc(F)cc1)Nc1nc(-c2ccc(Oc3ccccc3)cc2)cs1. The maximum atomic E-state index is 13.0. The van der Waals surface area contributed by atoms with Gasteiger partial charge in [0.15, 0.2) is 15.0 Å². The summed E-state index contributed by atoms with van der Waals surface area (Å²) in [6, 6.07) is 21.6. The Balaban J connectivity index is 1.28. The van der Waals surface area contributed by atoms with E-state index in [0.29, 0.717) is 16.6 Å². The van der Waals surface area contributed by atoms with E-state index < -0.39 is 15.7 Å². The van der Waals surface area contributed by atoms with Crippen LogP contribution in [0.4, 0.5) is 9.52 Å². The molecule has 3 aromatic carbocycles. The van der Waals surface area contributed by atoms with Gasteiger partial charge in [0.1, 0.15) is 17.3 Å². The molecule has 0 aliphatic carbocycles. The van der Waals surface area contributed by atoms with Gasteiger partial charge >= 0.3 is 0 Å². The fraction of sp³-hybridized carbons (Fsp3) is 0.120. The van der Waals surface area contributed by atoms with E-state index in [1.165, 1.54) is 23.5 Å². The molecule has 4 aromatic rings. The number of benzene rings is 3. The van der Waals surface area contributed by atoms with Gasteiger partial charge in [0.2, 0.25) is 5.91 Å². The molecule has 0 unspecified atom stereocenters. The second-order valence-corrected chi connectivity index (χ2v) is 10.4. The average molecular weight is 497 g/mol. The number of halogens is 1. The number of anilines is 1. The average Bonchev–Trinajstić information content (AvgIpc) is 3.29. The van der Waals surface area contributed by atoms with Gasteiger partial charge in [-0.05, 0) is 67.1 Å². The van der Waals surface area contributed by atoms with E-state index in [4.69, 9.17) is 4.74 Å². The van der Waals surface area contributed by atoms with Crippen LogP contribution in [0.5, 0.6) is 11.5 Å². The summed E-state index contributed by atoms with van der Waals surface area (Å²) in [5.41, 5.74) is 1.59. The van der Waals surface area contributed by atoms with Crippen molar-refractivity contribution < 1.29 is 22.3 Å². The number of carbonyl (C=O) groups is 1. The lowest BCUT2D eigenvalue weighted by atomic mass is 10.2. The molecule has 0 aliphatic heterocycles. The van der Waals surface area contributed by atoms with Crippen LogP contribution < -0.4 is 10.1 Å². The molecule has 0 radical (unpaired) electrons. The molecule has 0 aliphatic rings. The Kier molecular flexibility index (Phi) is 7.34. The highest BCUT2D eigenvalue weighted by molar-refractivity contribution is 7.91. The molecule has 0 fully saturated rings. The molecular formula is C25H21FN2O4S2. The van der Waals surface area contributed by atoms with Crippen molar-refractivity contribution >= 4 is 32.2 Å². The number of hydrogen-bond donors (Lipinski definition) is 1. The van der Waals surface area contributed by atoms with Gasteiger partial charge in [-0.2, -0.15) is 0 Å². The Labute approximate surface area is 201 Å². The monoisotopic (exact) mass is 496 g/mol. The Morgan fingerprint density at radius 2 is 1.62 bits per heavy atom. The number of ether oxygens (including phenoxy) is 1. The molecule has 1 aromatic heterocycles. The van der Waals surface area contributed by atoms with Crippen LogP contribution in [0.15, 0.2) is 89.1 Å². The first-order chi connectivity index (χ1) is 16.4. The van der Waals surface area contributed by atoms with Gasteiger partial charge in [-0.3, -0.25) is 4.79 Å². The van der Waals surface area contributed by atoms with E-state index in [-0.39, 0.29) is 29.4 Å². The molecule has 0 bridgehead atoms. The topological polar surface area (TPSA) is 85.4 Å².